The van der Waals surface area contributed by atoms with E-state index in [4.69, 9.17) is 4.99 Å². The maximum atomic E-state index is 4.94. The van der Waals surface area contributed by atoms with Crippen molar-refractivity contribution < 1.29 is 0 Å². The number of nitrogens with zero attached hydrogens (tertiary/aromatic N) is 1. The second-order valence-electron chi connectivity index (χ2n) is 11.0. The fraction of sp³-hybridized carbons (Fsp3) is 0.880. The molecule has 26 heavy (non-hydrogen) atoms. The van der Waals surface area contributed by atoms with E-state index >= 15 is 0 Å². The zero-order chi connectivity index (χ0) is 18.5. The molecule has 0 N–H and O–H groups in total. The second kappa shape index (κ2) is 6.78. The molecule has 4 fully saturated rings. The molecule has 4 aliphatic carbocycles. The molecule has 7 atom stereocenters. The number of hydrogen-bond donors (Lipinski definition) is 0. The van der Waals surface area contributed by atoms with E-state index < -0.39 is 0 Å². The topological polar surface area (TPSA) is 12.4 Å². The summed E-state index contributed by atoms with van der Waals surface area (Å²) in [4.78, 5) is 4.94. The molecule has 0 aromatic rings. The lowest BCUT2D eigenvalue weighted by atomic mass is 9.45. The molecule has 1 nitrogen and oxygen atoms in total. The molecule has 4 rings (SSSR count). The molecule has 0 saturated heterocycles. The van der Waals surface area contributed by atoms with Crippen molar-refractivity contribution >= 4 is 5.71 Å². The normalized spacial score (nSPS) is 48.5. The van der Waals surface area contributed by atoms with E-state index in [0.717, 1.165) is 36.1 Å². The third-order valence-corrected chi connectivity index (χ3v) is 9.69. The van der Waals surface area contributed by atoms with Crippen LogP contribution in [0.4, 0.5) is 0 Å². The molecule has 4 saturated carbocycles. The van der Waals surface area contributed by atoms with Crippen molar-refractivity contribution in [1.29, 1.82) is 0 Å². The molecule has 1 heteroatoms. The van der Waals surface area contributed by atoms with Crippen LogP contribution in [-0.2, 0) is 0 Å². The standard InChI is InChI=1S/C25H41N/c1-17(2)16-26-18(3)21-11-12-22-20-10-9-19-8-6-7-14-24(19,4)23(20)13-15-25(21,22)5/h19-23H,1,6-16H2,2-5H3/b26-18+. The summed E-state index contributed by atoms with van der Waals surface area (Å²) in [7, 11) is 0. The van der Waals surface area contributed by atoms with Gasteiger partial charge in [0.1, 0.15) is 0 Å². The minimum atomic E-state index is 0.516. The lowest BCUT2D eigenvalue weighted by Gasteiger charge is -2.60. The molecule has 0 aliphatic heterocycles. The van der Waals surface area contributed by atoms with Gasteiger partial charge < -0.3 is 0 Å². The van der Waals surface area contributed by atoms with Gasteiger partial charge in [0.15, 0.2) is 0 Å². The van der Waals surface area contributed by atoms with Gasteiger partial charge in [0, 0.05) is 11.6 Å². The van der Waals surface area contributed by atoms with Crippen molar-refractivity contribution in [3.8, 4) is 0 Å². The van der Waals surface area contributed by atoms with Crippen LogP contribution in [0.5, 0.6) is 0 Å². The van der Waals surface area contributed by atoms with Crippen molar-refractivity contribution in [2.24, 2.45) is 45.4 Å². The first-order chi connectivity index (χ1) is 12.4. The highest BCUT2D eigenvalue weighted by molar-refractivity contribution is 5.85. The molecule has 0 radical (unpaired) electrons. The van der Waals surface area contributed by atoms with E-state index in [0.29, 0.717) is 10.8 Å². The highest BCUT2D eigenvalue weighted by Crippen LogP contribution is 2.67. The quantitative estimate of drug-likeness (QED) is 0.379. The van der Waals surface area contributed by atoms with E-state index in [-0.39, 0.29) is 0 Å². The highest BCUT2D eigenvalue weighted by atomic mass is 14.8. The van der Waals surface area contributed by atoms with Gasteiger partial charge in [-0.2, -0.15) is 0 Å². The van der Waals surface area contributed by atoms with E-state index in [1.54, 1.807) is 0 Å². The Bertz CT molecular complexity index is 589. The molecule has 146 valence electrons. The van der Waals surface area contributed by atoms with Crippen molar-refractivity contribution in [3.63, 3.8) is 0 Å². The maximum Gasteiger partial charge on any atom is 0.0593 e. The summed E-state index contributed by atoms with van der Waals surface area (Å²) in [6.45, 7) is 14.6. The van der Waals surface area contributed by atoms with E-state index in [9.17, 15) is 0 Å². The van der Waals surface area contributed by atoms with Crippen molar-refractivity contribution in [1.82, 2.24) is 0 Å². The molecule has 0 bridgehead atoms. The fourth-order valence-electron chi connectivity index (χ4n) is 8.35. The molecule has 0 spiro atoms. The van der Waals surface area contributed by atoms with Gasteiger partial charge in [-0.15, -0.1) is 0 Å². The largest absolute Gasteiger partial charge is 0.290 e. The van der Waals surface area contributed by atoms with Gasteiger partial charge in [-0.1, -0.05) is 38.8 Å². The molecule has 0 aromatic carbocycles. The van der Waals surface area contributed by atoms with Crippen molar-refractivity contribution in [2.45, 2.75) is 91.9 Å². The first-order valence-corrected chi connectivity index (χ1v) is 11.5. The zero-order valence-corrected chi connectivity index (χ0v) is 17.8. The van der Waals surface area contributed by atoms with Gasteiger partial charge in [-0.3, -0.25) is 4.99 Å². The highest BCUT2D eigenvalue weighted by Gasteiger charge is 2.59. The summed E-state index contributed by atoms with van der Waals surface area (Å²) in [5.74, 6) is 4.75. The molecular weight excluding hydrogens is 314 g/mol. The Labute approximate surface area is 162 Å². The Hall–Kier alpha value is -0.590. The Balaban J connectivity index is 1.56. The van der Waals surface area contributed by atoms with E-state index in [2.05, 4.69) is 34.3 Å². The first kappa shape index (κ1) is 18.8. The van der Waals surface area contributed by atoms with Crippen LogP contribution in [0.2, 0.25) is 0 Å². The SMILES string of the molecule is C=C(C)C/N=C(\C)C1CCC2C3CCC4CCCCC4(C)C3CCC12C. The van der Waals surface area contributed by atoms with Gasteiger partial charge in [0.25, 0.3) is 0 Å². The first-order valence-electron chi connectivity index (χ1n) is 11.5. The van der Waals surface area contributed by atoms with Gasteiger partial charge in [0.05, 0.1) is 6.54 Å². The molecule has 7 unspecified atom stereocenters. The molecule has 0 aromatic heterocycles. The predicted molar refractivity (Wildman–Crippen MR) is 113 cm³/mol. The Morgan fingerprint density at radius 1 is 0.885 bits per heavy atom. The van der Waals surface area contributed by atoms with Crippen LogP contribution in [0.25, 0.3) is 0 Å². The zero-order valence-electron chi connectivity index (χ0n) is 17.8. The van der Waals surface area contributed by atoms with Crippen LogP contribution in [-0.4, -0.2) is 12.3 Å². The smallest absolute Gasteiger partial charge is 0.0593 e. The molecular formula is C25H41N. The van der Waals surface area contributed by atoms with E-state index in [1.165, 1.54) is 75.5 Å². The minimum Gasteiger partial charge on any atom is -0.290 e. The summed E-state index contributed by atoms with van der Waals surface area (Å²) in [5.41, 5.74) is 3.80. The van der Waals surface area contributed by atoms with Gasteiger partial charge in [-0.05, 0) is 99.7 Å². The summed E-state index contributed by atoms with van der Waals surface area (Å²) >= 11 is 0. The van der Waals surface area contributed by atoms with Crippen LogP contribution in [0.1, 0.15) is 91.9 Å². The summed E-state index contributed by atoms with van der Waals surface area (Å²) < 4.78 is 0. The Morgan fingerprint density at radius 2 is 1.65 bits per heavy atom. The lowest BCUT2D eigenvalue weighted by molar-refractivity contribution is -0.106. The van der Waals surface area contributed by atoms with Crippen LogP contribution in [0.15, 0.2) is 17.1 Å². The van der Waals surface area contributed by atoms with Crippen molar-refractivity contribution in [2.75, 3.05) is 6.54 Å². The van der Waals surface area contributed by atoms with E-state index in [1.807, 2.05) is 0 Å². The lowest BCUT2D eigenvalue weighted by Crippen LogP contribution is -2.53. The molecule has 0 heterocycles. The van der Waals surface area contributed by atoms with Gasteiger partial charge in [0.2, 0.25) is 0 Å². The minimum absolute atomic E-state index is 0.516. The summed E-state index contributed by atoms with van der Waals surface area (Å²) in [6.07, 6.45) is 14.9. The number of aliphatic imine (C=N–C) groups is 1. The fourth-order valence-corrected chi connectivity index (χ4v) is 8.35. The molecule has 4 aliphatic rings. The maximum absolute atomic E-state index is 4.94. The van der Waals surface area contributed by atoms with Gasteiger partial charge >= 0.3 is 0 Å². The monoisotopic (exact) mass is 355 g/mol. The summed E-state index contributed by atoms with van der Waals surface area (Å²) in [6, 6.07) is 0. The summed E-state index contributed by atoms with van der Waals surface area (Å²) in [5, 5.41) is 0. The molecule has 0 amide bonds. The number of rotatable bonds is 3. The third-order valence-electron chi connectivity index (χ3n) is 9.69. The number of fused-ring (bicyclic) bond motifs is 5. The third kappa shape index (κ3) is 2.83. The van der Waals surface area contributed by atoms with Crippen LogP contribution < -0.4 is 0 Å². The average Bonchev–Trinajstić information content (AvgIpc) is 2.96. The van der Waals surface area contributed by atoms with Crippen LogP contribution in [0.3, 0.4) is 0 Å². The predicted octanol–water partition coefficient (Wildman–Crippen LogP) is 7.07. The number of hydrogen-bond acceptors (Lipinski definition) is 1. The Kier molecular flexibility index (Phi) is 4.89. The average molecular weight is 356 g/mol. The van der Waals surface area contributed by atoms with Crippen molar-refractivity contribution in [3.05, 3.63) is 12.2 Å². The van der Waals surface area contributed by atoms with Gasteiger partial charge in [-0.25, -0.2) is 0 Å². The van der Waals surface area contributed by atoms with Crippen LogP contribution >= 0.6 is 0 Å². The van der Waals surface area contributed by atoms with Crippen LogP contribution in [0, 0.1) is 40.4 Å². The Morgan fingerprint density at radius 3 is 2.42 bits per heavy atom. The second-order valence-corrected chi connectivity index (χ2v) is 11.0.